The number of hydrogen-bond acceptors (Lipinski definition) is 6. The second kappa shape index (κ2) is 8.97. The van der Waals surface area contributed by atoms with Crippen molar-refractivity contribution in [2.75, 3.05) is 14.2 Å². The van der Waals surface area contributed by atoms with Gasteiger partial charge in [-0.05, 0) is 50.1 Å². The fourth-order valence-electron chi connectivity index (χ4n) is 4.02. The summed E-state index contributed by atoms with van der Waals surface area (Å²) in [5, 5.41) is 11.8. The van der Waals surface area contributed by atoms with Gasteiger partial charge in [0.2, 0.25) is 0 Å². The van der Waals surface area contributed by atoms with E-state index in [9.17, 15) is 19.5 Å². The molecule has 0 bridgehead atoms. The summed E-state index contributed by atoms with van der Waals surface area (Å²) in [7, 11) is 2.87. The Morgan fingerprint density at radius 1 is 1.00 bits per heavy atom. The van der Waals surface area contributed by atoms with Crippen LogP contribution in [0.1, 0.15) is 56.1 Å². The summed E-state index contributed by atoms with van der Waals surface area (Å²) in [6, 6.07) is 9.61. The van der Waals surface area contributed by atoms with Crippen molar-refractivity contribution in [2.24, 2.45) is 10.8 Å². The summed E-state index contributed by atoms with van der Waals surface area (Å²) in [5.74, 6) is -0.0977. The minimum Gasteiger partial charge on any atom is -0.505 e. The molecule has 0 amide bonds. The first-order valence-electron chi connectivity index (χ1n) is 11.0. The highest BCUT2D eigenvalue weighted by molar-refractivity contribution is 6.07. The van der Waals surface area contributed by atoms with Crippen molar-refractivity contribution in [1.29, 1.82) is 0 Å². The van der Waals surface area contributed by atoms with Crippen molar-refractivity contribution in [3.63, 3.8) is 0 Å². The van der Waals surface area contributed by atoms with E-state index in [4.69, 9.17) is 9.47 Å². The van der Waals surface area contributed by atoms with Gasteiger partial charge in [-0.3, -0.25) is 14.4 Å². The van der Waals surface area contributed by atoms with Crippen LogP contribution in [0.15, 0.2) is 47.4 Å². The standard InChI is InChI=1S/C27H31NO6/c1-26(2,3)24(31)21-19(15-27(4,5)25(32)34-7)22(28-13-12-17(29)14-20(21)28)23(30)16-8-10-18(33-6)11-9-16/h8-14,30H,15H2,1-7H3. The van der Waals surface area contributed by atoms with E-state index in [0.29, 0.717) is 33.3 Å². The molecule has 0 aliphatic heterocycles. The molecule has 0 atom stereocenters. The molecule has 180 valence electrons. The molecule has 0 spiro atoms. The largest absolute Gasteiger partial charge is 0.505 e. The second-order valence-corrected chi connectivity index (χ2v) is 10.0. The Balaban J connectivity index is 2.51. The number of pyridine rings is 1. The van der Waals surface area contributed by atoms with Gasteiger partial charge in [0.25, 0.3) is 0 Å². The number of ether oxygens (including phenoxy) is 2. The summed E-state index contributed by atoms with van der Waals surface area (Å²) in [5.41, 5.74) is -0.343. The van der Waals surface area contributed by atoms with Gasteiger partial charge in [-0.15, -0.1) is 0 Å². The highest BCUT2D eigenvalue weighted by Crippen LogP contribution is 2.31. The smallest absolute Gasteiger partial charge is 0.311 e. The molecule has 2 aromatic heterocycles. The number of carbonyl (C=O) groups is 2. The third kappa shape index (κ3) is 4.55. The molecular formula is C27H31NO6. The van der Waals surface area contributed by atoms with E-state index in [0.717, 1.165) is 0 Å². The molecule has 3 aromatic rings. The van der Waals surface area contributed by atoms with Gasteiger partial charge < -0.3 is 19.0 Å². The van der Waals surface area contributed by atoms with Crippen LogP contribution in [0, 0.1) is 10.8 Å². The Kier molecular flexibility index (Phi) is 6.60. The van der Waals surface area contributed by atoms with Gasteiger partial charge in [0.1, 0.15) is 11.5 Å². The number of rotatable bonds is 6. The normalized spacial score (nSPS) is 13.0. The number of aliphatic hydroxyl groups excluding tert-OH is 1. The molecule has 1 N–H and O–H groups in total. The fraction of sp³-hybridized carbons (Fsp3) is 0.370. The van der Waals surface area contributed by atoms with Crippen LogP contribution < -0.4 is 15.5 Å². The SMILES string of the molecule is COC(=O)C(C)(C)Cc1c(C(=O)C(C)(C)C)c2cc(=O)ccn2c1=C(O)c1ccc(OC)cc1. The number of aliphatic hydroxyl groups is 1. The Hall–Kier alpha value is -3.61. The van der Waals surface area contributed by atoms with E-state index >= 15 is 0 Å². The molecule has 34 heavy (non-hydrogen) atoms. The van der Waals surface area contributed by atoms with Gasteiger partial charge in [-0.25, -0.2) is 0 Å². The molecule has 0 saturated carbocycles. The zero-order valence-corrected chi connectivity index (χ0v) is 20.7. The van der Waals surface area contributed by atoms with Crippen molar-refractivity contribution in [3.05, 3.63) is 74.9 Å². The molecule has 0 unspecified atom stereocenters. The lowest BCUT2D eigenvalue weighted by atomic mass is 9.80. The number of aromatic nitrogens is 1. The predicted octanol–water partition coefficient (Wildman–Crippen LogP) is 3.71. The molecule has 0 fully saturated rings. The third-order valence-corrected chi connectivity index (χ3v) is 5.86. The van der Waals surface area contributed by atoms with Gasteiger partial charge in [-0.1, -0.05) is 20.8 Å². The topological polar surface area (TPSA) is 94.3 Å². The molecule has 0 aliphatic carbocycles. The number of fused-ring (bicyclic) bond motifs is 1. The number of nitrogens with zero attached hydrogens (tertiary/aromatic N) is 1. The van der Waals surface area contributed by atoms with E-state index < -0.39 is 16.8 Å². The summed E-state index contributed by atoms with van der Waals surface area (Å²) in [6.07, 6.45) is 1.66. The van der Waals surface area contributed by atoms with Gasteiger partial charge in [-0.2, -0.15) is 0 Å². The van der Waals surface area contributed by atoms with E-state index in [-0.39, 0.29) is 23.4 Å². The van der Waals surface area contributed by atoms with Crippen LogP contribution in [0.2, 0.25) is 0 Å². The minimum absolute atomic E-state index is 0.0834. The van der Waals surface area contributed by atoms with E-state index in [1.165, 1.54) is 19.2 Å². The molecule has 7 nitrogen and oxygen atoms in total. The average molecular weight is 466 g/mol. The number of methoxy groups -OCH3 is 2. The summed E-state index contributed by atoms with van der Waals surface area (Å²) in [4.78, 5) is 38.5. The molecule has 1 aromatic carbocycles. The molecule has 2 heterocycles. The first-order chi connectivity index (χ1) is 15.8. The monoisotopic (exact) mass is 465 g/mol. The van der Waals surface area contributed by atoms with Crippen molar-refractivity contribution >= 4 is 23.0 Å². The quantitative estimate of drug-likeness (QED) is 0.441. The maximum absolute atomic E-state index is 13.7. The molecular weight excluding hydrogens is 434 g/mol. The van der Waals surface area contributed by atoms with E-state index in [1.54, 1.807) is 76.6 Å². The zero-order chi connectivity index (χ0) is 25.4. The summed E-state index contributed by atoms with van der Waals surface area (Å²) in [6.45, 7) is 8.82. The lowest BCUT2D eigenvalue weighted by Gasteiger charge is -2.23. The number of esters is 1. The fourth-order valence-corrected chi connectivity index (χ4v) is 4.02. The van der Waals surface area contributed by atoms with Gasteiger partial charge in [0.05, 0.1) is 30.5 Å². The van der Waals surface area contributed by atoms with Crippen molar-refractivity contribution in [1.82, 2.24) is 4.40 Å². The summed E-state index contributed by atoms with van der Waals surface area (Å²) < 4.78 is 11.8. The van der Waals surface area contributed by atoms with Crippen molar-refractivity contribution in [3.8, 4) is 5.75 Å². The van der Waals surface area contributed by atoms with Crippen molar-refractivity contribution in [2.45, 2.75) is 41.0 Å². The van der Waals surface area contributed by atoms with Crippen LogP contribution in [0.25, 0.3) is 11.3 Å². The van der Waals surface area contributed by atoms with Crippen LogP contribution >= 0.6 is 0 Å². The first-order valence-corrected chi connectivity index (χ1v) is 11.0. The number of carbonyl (C=O) groups excluding carboxylic acids is 2. The van der Waals surface area contributed by atoms with Crippen LogP contribution in [0.3, 0.4) is 0 Å². The number of ketones is 1. The number of benzene rings is 1. The molecule has 0 saturated heterocycles. The van der Waals surface area contributed by atoms with Crippen LogP contribution in [0.4, 0.5) is 0 Å². The van der Waals surface area contributed by atoms with Crippen LogP contribution in [0.5, 0.6) is 5.75 Å². The highest BCUT2D eigenvalue weighted by Gasteiger charge is 2.36. The first kappa shape index (κ1) is 25.0. The number of hydrogen-bond donors (Lipinski definition) is 1. The van der Waals surface area contributed by atoms with Gasteiger partial charge in [0.15, 0.2) is 11.2 Å². The van der Waals surface area contributed by atoms with Gasteiger partial charge >= 0.3 is 5.97 Å². The molecule has 7 heteroatoms. The number of Topliss-reactive ketones (excluding diaryl/α,β-unsaturated/α-hetero) is 1. The Bertz CT molecular complexity index is 1360. The minimum atomic E-state index is -0.998. The summed E-state index contributed by atoms with van der Waals surface area (Å²) >= 11 is 0. The van der Waals surface area contributed by atoms with E-state index in [1.807, 2.05) is 0 Å². The third-order valence-electron chi connectivity index (χ3n) is 5.86. The lowest BCUT2D eigenvalue weighted by Crippen LogP contribution is -2.32. The second-order valence-electron chi connectivity index (χ2n) is 10.0. The lowest BCUT2D eigenvalue weighted by molar-refractivity contribution is -0.150. The van der Waals surface area contributed by atoms with Gasteiger partial charge in [0, 0.05) is 34.9 Å². The molecule has 3 rings (SSSR count). The zero-order valence-electron chi connectivity index (χ0n) is 20.7. The molecule has 0 radical (unpaired) electrons. The van der Waals surface area contributed by atoms with E-state index in [2.05, 4.69) is 0 Å². The average Bonchev–Trinajstić information content (AvgIpc) is 3.08. The molecule has 0 aliphatic rings. The maximum Gasteiger partial charge on any atom is 0.311 e. The van der Waals surface area contributed by atoms with Crippen LogP contribution in [-0.4, -0.2) is 35.5 Å². The van der Waals surface area contributed by atoms with Crippen LogP contribution in [-0.2, 0) is 16.0 Å². The van der Waals surface area contributed by atoms with Crippen molar-refractivity contribution < 1.29 is 24.2 Å². The Labute approximate surface area is 198 Å². The Morgan fingerprint density at radius 2 is 1.62 bits per heavy atom. The Morgan fingerprint density at radius 3 is 2.15 bits per heavy atom. The maximum atomic E-state index is 13.7. The highest BCUT2D eigenvalue weighted by atomic mass is 16.5. The predicted molar refractivity (Wildman–Crippen MR) is 130 cm³/mol.